The maximum absolute atomic E-state index is 11.9. The van der Waals surface area contributed by atoms with Gasteiger partial charge in [0.15, 0.2) is 0 Å². The van der Waals surface area contributed by atoms with Crippen LogP contribution in [0, 0.1) is 11.8 Å². The molecule has 174 valence electrons. The molecular weight excluding hydrogens is 374 g/mol. The lowest BCUT2D eigenvalue weighted by Gasteiger charge is -2.33. The molecule has 1 amide bonds. The molecule has 0 aromatic heterocycles. The van der Waals surface area contributed by atoms with Gasteiger partial charge >= 0.3 is 0 Å². The summed E-state index contributed by atoms with van der Waals surface area (Å²) < 4.78 is 0. The highest BCUT2D eigenvalue weighted by atomic mass is 16.1. The Morgan fingerprint density at radius 3 is 1.83 bits per heavy atom. The van der Waals surface area contributed by atoms with E-state index in [9.17, 15) is 9.59 Å². The summed E-state index contributed by atoms with van der Waals surface area (Å²) in [4.78, 5) is 28.3. The number of ketones is 1. The van der Waals surface area contributed by atoms with Crippen molar-refractivity contribution in [1.82, 2.24) is 15.1 Å². The average Bonchev–Trinajstić information content (AvgIpc) is 2.78. The number of carbonyl (C=O) groups is 2. The van der Waals surface area contributed by atoms with Crippen molar-refractivity contribution in [2.45, 2.75) is 90.9 Å². The smallest absolute Gasteiger partial charge is 0.221 e. The topological polar surface area (TPSA) is 52.7 Å². The van der Waals surface area contributed by atoms with Gasteiger partial charge in [-0.05, 0) is 70.1 Å². The first kappa shape index (κ1) is 25.3. The van der Waals surface area contributed by atoms with Gasteiger partial charge in [0.2, 0.25) is 5.91 Å². The number of carbonyl (C=O) groups excluding carboxylic acids is 2. The van der Waals surface area contributed by atoms with Crippen molar-refractivity contribution in [3.63, 3.8) is 0 Å². The van der Waals surface area contributed by atoms with Gasteiger partial charge < -0.3 is 15.1 Å². The van der Waals surface area contributed by atoms with E-state index in [0.29, 0.717) is 18.6 Å². The Hall–Kier alpha value is -0.940. The quantitative estimate of drug-likeness (QED) is 0.426. The number of nitrogens with one attached hydrogen (secondary N) is 1. The highest BCUT2D eigenvalue weighted by Gasteiger charge is 2.22. The minimum Gasteiger partial charge on any atom is -0.356 e. The summed E-state index contributed by atoms with van der Waals surface area (Å²) in [5.41, 5.74) is 0. The summed E-state index contributed by atoms with van der Waals surface area (Å²) in [6, 6.07) is 0. The number of rotatable bonds is 14. The largest absolute Gasteiger partial charge is 0.356 e. The van der Waals surface area contributed by atoms with E-state index in [2.05, 4.69) is 22.0 Å². The zero-order valence-corrected chi connectivity index (χ0v) is 19.8. The van der Waals surface area contributed by atoms with Gasteiger partial charge in [-0.2, -0.15) is 0 Å². The van der Waals surface area contributed by atoms with Crippen LogP contribution in [0.3, 0.4) is 0 Å². The molecular formula is C25H47N3O2. The van der Waals surface area contributed by atoms with E-state index >= 15 is 0 Å². The van der Waals surface area contributed by atoms with Crippen molar-refractivity contribution in [3.05, 3.63) is 0 Å². The third kappa shape index (κ3) is 10.4. The molecule has 2 aliphatic heterocycles. The van der Waals surface area contributed by atoms with E-state index in [1.54, 1.807) is 0 Å². The van der Waals surface area contributed by atoms with Gasteiger partial charge in [0.05, 0.1) is 0 Å². The molecule has 2 fully saturated rings. The van der Waals surface area contributed by atoms with Crippen LogP contribution >= 0.6 is 0 Å². The molecule has 1 N–H and O–H groups in total. The molecule has 5 heteroatoms. The van der Waals surface area contributed by atoms with Gasteiger partial charge in [-0.3, -0.25) is 9.59 Å². The second kappa shape index (κ2) is 15.0. The summed E-state index contributed by atoms with van der Waals surface area (Å²) in [5, 5.41) is 3.02. The molecule has 0 bridgehead atoms. The monoisotopic (exact) mass is 421 g/mol. The maximum atomic E-state index is 11.9. The van der Waals surface area contributed by atoms with Gasteiger partial charge in [-0.15, -0.1) is 0 Å². The number of hydrogen-bond donors (Lipinski definition) is 1. The molecule has 2 rings (SSSR count). The molecule has 0 aliphatic carbocycles. The minimum absolute atomic E-state index is 0.216. The first-order chi connectivity index (χ1) is 14.6. The fraction of sp³-hybridized carbons (Fsp3) is 0.920. The third-order valence-corrected chi connectivity index (χ3v) is 7.25. The lowest BCUT2D eigenvalue weighted by Crippen LogP contribution is -2.37. The van der Waals surface area contributed by atoms with Crippen LogP contribution in [0.1, 0.15) is 90.9 Å². The van der Waals surface area contributed by atoms with Crippen molar-refractivity contribution < 1.29 is 9.59 Å². The Bertz CT molecular complexity index is 481. The Balaban J connectivity index is 1.47. The van der Waals surface area contributed by atoms with E-state index in [1.807, 2.05) is 6.92 Å². The van der Waals surface area contributed by atoms with Gasteiger partial charge in [0.1, 0.15) is 5.78 Å². The number of unbranched alkanes of at least 4 members (excludes halogenated alkanes) is 1. The molecule has 0 aromatic carbocycles. The number of likely N-dealkylation sites (tertiary alicyclic amines) is 2. The lowest BCUT2D eigenvalue weighted by atomic mass is 9.87. The Labute approximate surface area is 185 Å². The molecule has 2 heterocycles. The summed E-state index contributed by atoms with van der Waals surface area (Å²) in [5.74, 6) is 2.40. The molecule has 2 aliphatic rings. The minimum atomic E-state index is 0.216. The highest BCUT2D eigenvalue weighted by Crippen LogP contribution is 2.27. The Morgan fingerprint density at radius 2 is 1.33 bits per heavy atom. The Morgan fingerprint density at radius 1 is 0.800 bits per heavy atom. The molecule has 2 saturated heterocycles. The van der Waals surface area contributed by atoms with Crippen molar-refractivity contribution in [1.29, 1.82) is 0 Å². The van der Waals surface area contributed by atoms with Crippen LogP contribution in [0.15, 0.2) is 0 Å². The fourth-order valence-electron chi connectivity index (χ4n) is 4.90. The third-order valence-electron chi connectivity index (χ3n) is 7.25. The molecule has 5 nitrogen and oxygen atoms in total. The van der Waals surface area contributed by atoms with Crippen molar-refractivity contribution in [2.75, 3.05) is 45.8 Å². The molecule has 0 saturated carbocycles. The first-order valence-electron chi connectivity index (χ1n) is 12.8. The molecule has 0 unspecified atom stereocenters. The van der Waals surface area contributed by atoms with Gasteiger partial charge in [-0.25, -0.2) is 0 Å². The zero-order chi connectivity index (χ0) is 21.6. The summed E-state index contributed by atoms with van der Waals surface area (Å²) in [6.45, 7) is 11.5. The standard InChI is InChI=1S/C25H47N3O2/c1-3-5-15-26-25(30)14-21-28-18-11-23(12-19-28)8-6-7-22-9-16-27(17-10-22)20-13-24(29)4-2/h22-23H,3-21H2,1-2H3,(H,26,30). The van der Waals surface area contributed by atoms with E-state index < -0.39 is 0 Å². The molecule has 0 radical (unpaired) electrons. The highest BCUT2D eigenvalue weighted by molar-refractivity contribution is 5.78. The summed E-state index contributed by atoms with van der Waals surface area (Å²) >= 11 is 0. The lowest BCUT2D eigenvalue weighted by molar-refractivity contribution is -0.121. The fourth-order valence-corrected chi connectivity index (χ4v) is 4.90. The molecule has 0 atom stereocenters. The summed E-state index contributed by atoms with van der Waals surface area (Å²) in [7, 11) is 0. The number of nitrogens with zero attached hydrogens (tertiary/aromatic N) is 2. The van der Waals surface area contributed by atoms with E-state index in [0.717, 1.165) is 50.7 Å². The van der Waals surface area contributed by atoms with E-state index in [-0.39, 0.29) is 5.91 Å². The summed E-state index contributed by atoms with van der Waals surface area (Å²) in [6.07, 6.45) is 13.7. The second-order valence-corrected chi connectivity index (χ2v) is 9.60. The number of amides is 1. The van der Waals surface area contributed by atoms with Crippen LogP contribution in [-0.2, 0) is 9.59 Å². The van der Waals surface area contributed by atoms with E-state index in [4.69, 9.17) is 0 Å². The predicted molar refractivity (Wildman–Crippen MR) is 125 cm³/mol. The van der Waals surface area contributed by atoms with Crippen molar-refractivity contribution >= 4 is 11.7 Å². The van der Waals surface area contributed by atoms with Crippen molar-refractivity contribution in [3.8, 4) is 0 Å². The SMILES string of the molecule is CCCCNC(=O)CCN1CCC(CCCC2CCN(CCC(=O)CC)CC2)CC1. The van der Waals surface area contributed by atoms with Crippen LogP contribution in [0.4, 0.5) is 0 Å². The normalized spacial score (nSPS) is 19.8. The van der Waals surface area contributed by atoms with Gasteiger partial charge in [0.25, 0.3) is 0 Å². The zero-order valence-electron chi connectivity index (χ0n) is 19.8. The molecule has 0 aromatic rings. The van der Waals surface area contributed by atoms with Gasteiger partial charge in [0, 0.05) is 38.9 Å². The average molecular weight is 422 g/mol. The molecule has 0 spiro atoms. The number of piperidine rings is 2. The van der Waals surface area contributed by atoms with Gasteiger partial charge in [-0.1, -0.05) is 39.5 Å². The van der Waals surface area contributed by atoms with Crippen LogP contribution in [0.2, 0.25) is 0 Å². The second-order valence-electron chi connectivity index (χ2n) is 9.60. The first-order valence-corrected chi connectivity index (χ1v) is 12.8. The van der Waals surface area contributed by atoms with Crippen molar-refractivity contribution in [2.24, 2.45) is 11.8 Å². The Kier molecular flexibility index (Phi) is 12.6. The number of Topliss-reactive ketones (excluding diaryl/α,β-unsaturated/α-hetero) is 1. The van der Waals surface area contributed by atoms with Crippen LogP contribution in [0.5, 0.6) is 0 Å². The number of hydrogen-bond acceptors (Lipinski definition) is 4. The maximum Gasteiger partial charge on any atom is 0.221 e. The van der Waals surface area contributed by atoms with Crippen LogP contribution in [-0.4, -0.2) is 67.3 Å². The van der Waals surface area contributed by atoms with Crippen LogP contribution in [0.25, 0.3) is 0 Å². The predicted octanol–water partition coefficient (Wildman–Crippen LogP) is 4.26. The molecule has 30 heavy (non-hydrogen) atoms. The van der Waals surface area contributed by atoms with Crippen LogP contribution < -0.4 is 5.32 Å². The van der Waals surface area contributed by atoms with E-state index in [1.165, 1.54) is 71.1 Å².